The third-order valence-electron chi connectivity index (χ3n) is 3.55. The summed E-state index contributed by atoms with van der Waals surface area (Å²) in [6, 6.07) is 16.8. The molecule has 1 nitrogen and oxygen atoms in total. The minimum atomic E-state index is 1.04. The SMILES string of the molecule is CCCCCc1ccc(C#Cc2ccc(NC)cc2)cc1. The standard InChI is InChI=1S/C20H23N/c1-3-4-5-6-17-7-9-18(10-8-17)11-12-19-13-15-20(21-2)16-14-19/h7-10,13-16,21H,3-6H2,1-2H3. The van der Waals surface area contributed by atoms with Gasteiger partial charge in [0.05, 0.1) is 0 Å². The van der Waals surface area contributed by atoms with Crippen molar-refractivity contribution in [1.82, 2.24) is 0 Å². The molecule has 0 aliphatic rings. The highest BCUT2D eigenvalue weighted by Gasteiger charge is 1.93. The van der Waals surface area contributed by atoms with Crippen LogP contribution < -0.4 is 5.32 Å². The number of hydrogen-bond acceptors (Lipinski definition) is 1. The third kappa shape index (κ3) is 5.00. The van der Waals surface area contributed by atoms with Gasteiger partial charge in [0.1, 0.15) is 0 Å². The Hall–Kier alpha value is -2.20. The van der Waals surface area contributed by atoms with Crippen LogP contribution in [-0.4, -0.2) is 7.05 Å². The van der Waals surface area contributed by atoms with Gasteiger partial charge >= 0.3 is 0 Å². The minimum absolute atomic E-state index is 1.04. The lowest BCUT2D eigenvalue weighted by Gasteiger charge is -2.00. The van der Waals surface area contributed by atoms with Crippen LogP contribution in [0.4, 0.5) is 5.69 Å². The molecule has 1 heteroatoms. The molecule has 21 heavy (non-hydrogen) atoms. The molecule has 0 radical (unpaired) electrons. The van der Waals surface area contributed by atoms with E-state index in [0.29, 0.717) is 0 Å². The van der Waals surface area contributed by atoms with E-state index < -0.39 is 0 Å². The maximum Gasteiger partial charge on any atom is 0.0338 e. The average Bonchev–Trinajstić information content (AvgIpc) is 2.55. The van der Waals surface area contributed by atoms with E-state index in [9.17, 15) is 0 Å². The van der Waals surface area contributed by atoms with Crippen LogP contribution >= 0.6 is 0 Å². The van der Waals surface area contributed by atoms with Crippen molar-refractivity contribution in [2.75, 3.05) is 12.4 Å². The van der Waals surface area contributed by atoms with Gasteiger partial charge in [-0.2, -0.15) is 0 Å². The molecule has 0 bridgehead atoms. The van der Waals surface area contributed by atoms with E-state index in [1.165, 1.54) is 31.2 Å². The van der Waals surface area contributed by atoms with E-state index in [-0.39, 0.29) is 0 Å². The van der Waals surface area contributed by atoms with E-state index in [1.807, 2.05) is 31.3 Å². The summed E-state index contributed by atoms with van der Waals surface area (Å²) in [6.45, 7) is 2.24. The van der Waals surface area contributed by atoms with Gasteiger partial charge in [0, 0.05) is 23.9 Å². The van der Waals surface area contributed by atoms with Crippen molar-refractivity contribution < 1.29 is 0 Å². The van der Waals surface area contributed by atoms with Crippen molar-refractivity contribution in [3.8, 4) is 11.8 Å². The Morgan fingerprint density at radius 2 is 1.38 bits per heavy atom. The maximum absolute atomic E-state index is 3.22. The van der Waals surface area contributed by atoms with Crippen LogP contribution in [0.15, 0.2) is 48.5 Å². The summed E-state index contributed by atoms with van der Waals surface area (Å²) in [5, 5.41) is 3.11. The smallest absolute Gasteiger partial charge is 0.0338 e. The Morgan fingerprint density at radius 3 is 1.90 bits per heavy atom. The van der Waals surface area contributed by atoms with Crippen LogP contribution in [0.3, 0.4) is 0 Å². The zero-order valence-corrected chi connectivity index (χ0v) is 12.9. The summed E-state index contributed by atoms with van der Waals surface area (Å²) < 4.78 is 0. The molecule has 0 saturated heterocycles. The van der Waals surface area contributed by atoms with E-state index in [0.717, 1.165) is 16.8 Å². The lowest BCUT2D eigenvalue weighted by molar-refractivity contribution is 0.717. The summed E-state index contributed by atoms with van der Waals surface area (Å²) >= 11 is 0. The van der Waals surface area contributed by atoms with E-state index in [4.69, 9.17) is 0 Å². The molecule has 0 fully saturated rings. The van der Waals surface area contributed by atoms with E-state index in [1.54, 1.807) is 0 Å². The highest BCUT2D eigenvalue weighted by molar-refractivity contribution is 5.49. The number of aryl methyl sites for hydroxylation is 1. The van der Waals surface area contributed by atoms with Crippen molar-refractivity contribution in [1.29, 1.82) is 0 Å². The van der Waals surface area contributed by atoms with Crippen molar-refractivity contribution in [2.24, 2.45) is 0 Å². The van der Waals surface area contributed by atoms with Crippen molar-refractivity contribution in [2.45, 2.75) is 32.6 Å². The summed E-state index contributed by atoms with van der Waals surface area (Å²) in [6.07, 6.45) is 5.03. The lowest BCUT2D eigenvalue weighted by atomic mass is 10.1. The molecular weight excluding hydrogens is 254 g/mol. The maximum atomic E-state index is 3.22. The van der Waals surface area contributed by atoms with E-state index in [2.05, 4.69) is 48.3 Å². The van der Waals surface area contributed by atoms with Crippen LogP contribution in [0.5, 0.6) is 0 Å². The summed E-state index contributed by atoms with van der Waals surface area (Å²) in [5.41, 5.74) is 4.64. The summed E-state index contributed by atoms with van der Waals surface area (Å²) in [5.74, 6) is 6.43. The normalized spacial score (nSPS) is 9.81. The topological polar surface area (TPSA) is 12.0 Å². The van der Waals surface area contributed by atoms with Crippen LogP contribution in [0, 0.1) is 11.8 Å². The van der Waals surface area contributed by atoms with Gasteiger partial charge in [-0.1, -0.05) is 43.7 Å². The molecule has 1 N–H and O–H groups in total. The number of rotatable bonds is 5. The van der Waals surface area contributed by atoms with Gasteiger partial charge in [0.15, 0.2) is 0 Å². The first-order chi connectivity index (χ1) is 10.3. The third-order valence-corrected chi connectivity index (χ3v) is 3.55. The molecule has 0 heterocycles. The van der Waals surface area contributed by atoms with Gasteiger partial charge < -0.3 is 5.32 Å². The number of unbranched alkanes of at least 4 members (excludes halogenated alkanes) is 2. The van der Waals surface area contributed by atoms with Crippen LogP contribution in [0.1, 0.15) is 42.9 Å². The van der Waals surface area contributed by atoms with E-state index >= 15 is 0 Å². The molecule has 2 rings (SSSR count). The Balaban J connectivity index is 1.98. The molecule has 108 valence electrons. The van der Waals surface area contributed by atoms with Crippen LogP contribution in [0.2, 0.25) is 0 Å². The van der Waals surface area contributed by atoms with Gasteiger partial charge in [-0.3, -0.25) is 0 Å². The molecule has 0 spiro atoms. The molecule has 2 aromatic rings. The summed E-state index contributed by atoms with van der Waals surface area (Å²) in [7, 11) is 1.92. The molecule has 0 amide bonds. The first-order valence-electron chi connectivity index (χ1n) is 7.70. The predicted molar refractivity (Wildman–Crippen MR) is 91.6 cm³/mol. The van der Waals surface area contributed by atoms with Crippen LogP contribution in [0.25, 0.3) is 0 Å². The zero-order valence-electron chi connectivity index (χ0n) is 12.9. The minimum Gasteiger partial charge on any atom is -0.388 e. The molecule has 0 aromatic heterocycles. The Morgan fingerprint density at radius 1 is 0.810 bits per heavy atom. The highest BCUT2D eigenvalue weighted by Crippen LogP contribution is 2.10. The van der Waals surface area contributed by atoms with Crippen molar-refractivity contribution in [3.05, 3.63) is 65.2 Å². The predicted octanol–water partition coefficient (Wildman–Crippen LogP) is 4.86. The monoisotopic (exact) mass is 277 g/mol. The van der Waals surface area contributed by atoms with Crippen molar-refractivity contribution in [3.63, 3.8) is 0 Å². The average molecular weight is 277 g/mol. The fraction of sp³-hybridized carbons (Fsp3) is 0.300. The highest BCUT2D eigenvalue weighted by atomic mass is 14.8. The van der Waals surface area contributed by atoms with Gasteiger partial charge in [0.25, 0.3) is 0 Å². The number of anilines is 1. The second-order valence-corrected chi connectivity index (χ2v) is 5.23. The van der Waals surface area contributed by atoms with Gasteiger partial charge in [0.2, 0.25) is 0 Å². The molecule has 0 unspecified atom stereocenters. The molecule has 0 saturated carbocycles. The quantitative estimate of drug-likeness (QED) is 0.608. The van der Waals surface area contributed by atoms with Gasteiger partial charge in [-0.15, -0.1) is 0 Å². The molecule has 0 aliphatic heterocycles. The van der Waals surface area contributed by atoms with Crippen molar-refractivity contribution >= 4 is 5.69 Å². The zero-order chi connectivity index (χ0) is 14.9. The lowest BCUT2D eigenvalue weighted by Crippen LogP contribution is -1.87. The second-order valence-electron chi connectivity index (χ2n) is 5.23. The number of benzene rings is 2. The second kappa shape index (κ2) is 8.17. The Kier molecular flexibility index (Phi) is 5.91. The molecular formula is C20H23N. The van der Waals surface area contributed by atoms with Gasteiger partial charge in [-0.25, -0.2) is 0 Å². The van der Waals surface area contributed by atoms with Gasteiger partial charge in [-0.05, 0) is 54.8 Å². The first-order valence-corrected chi connectivity index (χ1v) is 7.70. The Labute approximate surface area is 128 Å². The Bertz CT molecular complexity index is 597. The molecule has 0 aliphatic carbocycles. The largest absolute Gasteiger partial charge is 0.388 e. The molecule has 0 atom stereocenters. The molecule has 2 aromatic carbocycles. The fourth-order valence-electron chi connectivity index (χ4n) is 2.20. The summed E-state index contributed by atoms with van der Waals surface area (Å²) in [4.78, 5) is 0. The van der Waals surface area contributed by atoms with Crippen LogP contribution in [-0.2, 0) is 6.42 Å². The number of nitrogens with one attached hydrogen (secondary N) is 1. The fourth-order valence-corrected chi connectivity index (χ4v) is 2.20. The first kappa shape index (κ1) is 15.2. The number of hydrogen-bond donors (Lipinski definition) is 1.